The van der Waals surface area contributed by atoms with Crippen molar-refractivity contribution in [1.82, 2.24) is 20.9 Å². The number of alkyl halides is 5. The maximum atomic E-state index is 14.7. The first-order valence-electron chi connectivity index (χ1n) is 13.9. The van der Waals surface area contributed by atoms with Crippen molar-refractivity contribution >= 4 is 46.7 Å². The van der Waals surface area contributed by atoms with E-state index in [9.17, 15) is 41.1 Å². The van der Waals surface area contributed by atoms with Crippen molar-refractivity contribution in [3.05, 3.63) is 94.2 Å². The molecule has 0 saturated carbocycles. The molecule has 252 valence electrons. The second-order valence-corrected chi connectivity index (χ2v) is 11.5. The minimum absolute atomic E-state index is 0.194. The highest BCUT2D eigenvalue weighted by molar-refractivity contribution is 6.30. The number of hydrogen-bond donors (Lipinski definition) is 3. The zero-order chi connectivity index (χ0) is 34.9. The van der Waals surface area contributed by atoms with Gasteiger partial charge in [0.2, 0.25) is 17.6 Å². The van der Waals surface area contributed by atoms with Crippen molar-refractivity contribution < 1.29 is 45.9 Å². The van der Waals surface area contributed by atoms with Crippen LogP contribution in [0.1, 0.15) is 43.5 Å². The van der Waals surface area contributed by atoms with Crippen LogP contribution in [0.4, 0.5) is 22.0 Å². The summed E-state index contributed by atoms with van der Waals surface area (Å²) in [7, 11) is 0. The lowest BCUT2D eigenvalue weighted by Gasteiger charge is -2.28. The standard InChI is InChI=1S/C31H29Cl2F5N4O5/c1-17(2)25(27(44)31(37,38)29(46)40-16-30(34,35)36)42-28(45)26(18-7-4-3-5-8-18)41-24(43)13-23(19-11-21(33)15-39-14-19)47-22-10-6-9-20(32)12-22/h3-12,14-15,17,23,25-26H,13,16H2,1-2H3,(H,40,46)(H,41,43)(H,42,45)/t23?,25-,26?/m0/s1. The molecule has 0 aliphatic rings. The number of ketones is 1. The third-order valence-electron chi connectivity index (χ3n) is 6.53. The molecule has 47 heavy (non-hydrogen) atoms. The Balaban J connectivity index is 1.86. The van der Waals surface area contributed by atoms with Gasteiger partial charge < -0.3 is 20.7 Å². The Bertz CT molecular complexity index is 1580. The van der Waals surface area contributed by atoms with Crippen molar-refractivity contribution in [3.8, 4) is 5.75 Å². The number of rotatable bonds is 14. The van der Waals surface area contributed by atoms with E-state index < -0.39 is 72.7 Å². The van der Waals surface area contributed by atoms with Crippen LogP contribution in [-0.2, 0) is 19.2 Å². The fourth-order valence-corrected chi connectivity index (χ4v) is 4.60. The zero-order valence-electron chi connectivity index (χ0n) is 24.8. The van der Waals surface area contributed by atoms with Gasteiger partial charge in [0.05, 0.1) is 17.5 Å². The molecule has 3 rings (SSSR count). The van der Waals surface area contributed by atoms with E-state index >= 15 is 0 Å². The van der Waals surface area contributed by atoms with Gasteiger partial charge in [-0.25, -0.2) is 0 Å². The van der Waals surface area contributed by atoms with Crippen LogP contribution in [0, 0.1) is 5.92 Å². The Labute approximate surface area is 276 Å². The van der Waals surface area contributed by atoms with Crippen molar-refractivity contribution in [2.24, 2.45) is 5.92 Å². The van der Waals surface area contributed by atoms with E-state index in [1.807, 2.05) is 0 Å². The highest BCUT2D eigenvalue weighted by atomic mass is 35.5. The number of amides is 3. The fourth-order valence-electron chi connectivity index (χ4n) is 4.24. The van der Waals surface area contributed by atoms with Gasteiger partial charge in [0.15, 0.2) is 0 Å². The van der Waals surface area contributed by atoms with Gasteiger partial charge in [-0.1, -0.05) is 73.4 Å². The Morgan fingerprint density at radius 1 is 0.851 bits per heavy atom. The zero-order valence-corrected chi connectivity index (χ0v) is 26.3. The summed E-state index contributed by atoms with van der Waals surface area (Å²) in [6.45, 7) is 0.460. The minimum Gasteiger partial charge on any atom is -0.485 e. The quantitative estimate of drug-likeness (QED) is 0.145. The summed E-state index contributed by atoms with van der Waals surface area (Å²) in [5, 5.41) is 6.23. The maximum Gasteiger partial charge on any atom is 0.405 e. The molecule has 0 aliphatic carbocycles. The van der Waals surface area contributed by atoms with Crippen LogP contribution in [0.25, 0.3) is 0 Å². The maximum absolute atomic E-state index is 14.7. The summed E-state index contributed by atoms with van der Waals surface area (Å²) in [4.78, 5) is 55.6. The molecule has 0 saturated heterocycles. The van der Waals surface area contributed by atoms with Gasteiger partial charge in [-0.15, -0.1) is 0 Å². The van der Waals surface area contributed by atoms with Crippen LogP contribution >= 0.6 is 23.2 Å². The molecule has 0 radical (unpaired) electrons. The molecule has 1 aromatic heterocycles. The first-order chi connectivity index (χ1) is 22.0. The van der Waals surface area contributed by atoms with Crippen molar-refractivity contribution in [2.45, 2.75) is 50.6 Å². The minimum atomic E-state index is -5.01. The second kappa shape index (κ2) is 16.0. The van der Waals surface area contributed by atoms with Gasteiger partial charge in [0.1, 0.15) is 24.4 Å². The first kappa shape index (κ1) is 37.2. The topological polar surface area (TPSA) is 126 Å². The number of hydrogen-bond acceptors (Lipinski definition) is 6. The third-order valence-corrected chi connectivity index (χ3v) is 6.98. The van der Waals surface area contributed by atoms with Crippen molar-refractivity contribution in [3.63, 3.8) is 0 Å². The smallest absolute Gasteiger partial charge is 0.405 e. The molecule has 0 aliphatic heterocycles. The molecule has 9 nitrogen and oxygen atoms in total. The molecular formula is C31H29Cl2F5N4O5. The number of pyridine rings is 1. The monoisotopic (exact) mass is 702 g/mol. The highest BCUT2D eigenvalue weighted by Crippen LogP contribution is 2.29. The van der Waals surface area contributed by atoms with Crippen molar-refractivity contribution in [1.29, 1.82) is 0 Å². The van der Waals surface area contributed by atoms with Gasteiger partial charge in [-0.05, 0) is 35.7 Å². The van der Waals surface area contributed by atoms with Crippen LogP contribution in [0.5, 0.6) is 5.75 Å². The Morgan fingerprint density at radius 2 is 1.53 bits per heavy atom. The van der Waals surface area contributed by atoms with Crippen LogP contribution in [0.3, 0.4) is 0 Å². The van der Waals surface area contributed by atoms with Crippen LogP contribution in [-0.4, -0.2) is 53.2 Å². The normalized spacial score (nSPS) is 13.7. The van der Waals surface area contributed by atoms with Gasteiger partial charge in [0.25, 0.3) is 5.91 Å². The predicted octanol–water partition coefficient (Wildman–Crippen LogP) is 5.78. The second-order valence-electron chi connectivity index (χ2n) is 10.6. The lowest BCUT2D eigenvalue weighted by Crippen LogP contribution is -2.58. The molecule has 2 unspecified atom stereocenters. The highest BCUT2D eigenvalue weighted by Gasteiger charge is 2.52. The molecule has 16 heteroatoms. The average Bonchev–Trinajstić information content (AvgIpc) is 3.00. The molecule has 3 atom stereocenters. The van der Waals surface area contributed by atoms with E-state index in [1.54, 1.807) is 24.3 Å². The van der Waals surface area contributed by atoms with Crippen LogP contribution < -0.4 is 20.7 Å². The fraction of sp³-hybridized carbons (Fsp3) is 0.323. The molecule has 0 bridgehead atoms. The summed E-state index contributed by atoms with van der Waals surface area (Å²) in [5.41, 5.74) is 0.588. The summed E-state index contributed by atoms with van der Waals surface area (Å²) in [6, 6.07) is 11.9. The molecule has 0 spiro atoms. The van der Waals surface area contributed by atoms with Crippen molar-refractivity contribution in [2.75, 3.05) is 6.54 Å². The number of ether oxygens (including phenoxy) is 1. The number of carbonyl (C=O) groups excluding carboxylic acids is 4. The first-order valence-corrected chi connectivity index (χ1v) is 14.7. The van der Waals surface area contributed by atoms with Crippen LogP contribution in [0.15, 0.2) is 73.1 Å². The SMILES string of the molecule is CC(C)[C@H](NC(=O)C(NC(=O)CC(Oc1cccc(Cl)c1)c1cncc(Cl)c1)c1ccccc1)C(=O)C(F)(F)C(=O)NCC(F)(F)F. The molecular weight excluding hydrogens is 674 g/mol. The van der Waals surface area contributed by atoms with E-state index in [2.05, 4.69) is 15.6 Å². The third kappa shape index (κ3) is 10.9. The molecule has 0 fully saturated rings. The summed E-state index contributed by atoms with van der Waals surface area (Å²) < 4.78 is 72.9. The van der Waals surface area contributed by atoms with E-state index in [0.29, 0.717) is 16.3 Å². The summed E-state index contributed by atoms with van der Waals surface area (Å²) >= 11 is 12.2. The summed E-state index contributed by atoms with van der Waals surface area (Å²) in [5.74, 6) is -12.2. The predicted molar refractivity (Wildman–Crippen MR) is 162 cm³/mol. The molecule has 3 aromatic rings. The molecule has 3 N–H and O–H groups in total. The number of aromatic nitrogens is 1. The molecule has 2 aromatic carbocycles. The van der Waals surface area contributed by atoms with Gasteiger partial charge >= 0.3 is 12.1 Å². The van der Waals surface area contributed by atoms with Gasteiger partial charge in [-0.3, -0.25) is 24.2 Å². The van der Waals surface area contributed by atoms with Gasteiger partial charge in [0, 0.05) is 23.0 Å². The molecule has 1 heterocycles. The number of Topliss-reactive ketones (excluding diaryl/α,β-unsaturated/α-hetero) is 1. The number of halogens is 7. The number of nitrogens with one attached hydrogen (secondary N) is 3. The van der Waals surface area contributed by atoms with E-state index in [1.165, 1.54) is 62.6 Å². The number of carbonyl (C=O) groups is 4. The number of benzene rings is 2. The Hall–Kier alpha value is -4.30. The van der Waals surface area contributed by atoms with E-state index in [-0.39, 0.29) is 10.6 Å². The Kier molecular flexibility index (Phi) is 12.7. The molecule has 3 amide bonds. The van der Waals surface area contributed by atoms with Crippen LogP contribution in [0.2, 0.25) is 10.0 Å². The van der Waals surface area contributed by atoms with E-state index in [0.717, 1.165) is 5.32 Å². The number of nitrogens with zero attached hydrogens (tertiary/aromatic N) is 1. The lowest BCUT2D eigenvalue weighted by atomic mass is 9.94. The largest absolute Gasteiger partial charge is 0.485 e. The average molecular weight is 703 g/mol. The Morgan fingerprint density at radius 3 is 2.13 bits per heavy atom. The summed E-state index contributed by atoms with van der Waals surface area (Å²) in [6.07, 6.45) is -3.64. The van der Waals surface area contributed by atoms with Gasteiger partial charge in [-0.2, -0.15) is 22.0 Å². The van der Waals surface area contributed by atoms with E-state index in [4.69, 9.17) is 27.9 Å². The lowest BCUT2D eigenvalue weighted by molar-refractivity contribution is -0.165.